The molecular formula is C26H26N4O3. The van der Waals surface area contributed by atoms with Crippen molar-refractivity contribution in [2.24, 2.45) is 0 Å². The third kappa shape index (κ3) is 5.20. The smallest absolute Gasteiger partial charge is 0.323 e. The summed E-state index contributed by atoms with van der Waals surface area (Å²) in [5.41, 5.74) is 6.48. The van der Waals surface area contributed by atoms with E-state index < -0.39 is 0 Å². The van der Waals surface area contributed by atoms with Gasteiger partial charge >= 0.3 is 6.03 Å². The molecule has 4 rings (SSSR count). The Morgan fingerprint density at radius 1 is 0.879 bits per heavy atom. The predicted octanol–water partition coefficient (Wildman–Crippen LogP) is 5.15. The fraction of sp³-hybridized carbons (Fsp3) is 0.192. The second-order valence-electron chi connectivity index (χ2n) is 8.17. The van der Waals surface area contributed by atoms with E-state index in [2.05, 4.69) is 15.6 Å². The van der Waals surface area contributed by atoms with E-state index in [1.165, 1.54) is 16.0 Å². The number of urea groups is 1. The first kappa shape index (κ1) is 22.1. The first-order valence-electron chi connectivity index (χ1n) is 10.7. The molecule has 0 aliphatic carbocycles. The molecule has 0 bridgehead atoms. The molecular weight excluding hydrogens is 416 g/mol. The highest BCUT2D eigenvalue weighted by molar-refractivity contribution is 5.99. The van der Waals surface area contributed by atoms with Crippen LogP contribution in [0.1, 0.15) is 27.9 Å². The minimum absolute atomic E-state index is 0.138. The number of hydrogen-bond acceptors (Lipinski definition) is 4. The van der Waals surface area contributed by atoms with Crippen LogP contribution in [0, 0.1) is 27.7 Å². The zero-order valence-corrected chi connectivity index (χ0v) is 19.1. The van der Waals surface area contributed by atoms with Crippen molar-refractivity contribution in [1.29, 1.82) is 0 Å². The minimum atomic E-state index is -0.340. The van der Waals surface area contributed by atoms with Crippen LogP contribution in [0.15, 0.2) is 65.6 Å². The van der Waals surface area contributed by atoms with Crippen molar-refractivity contribution >= 4 is 23.1 Å². The summed E-state index contributed by atoms with van der Waals surface area (Å²) in [7, 11) is 0. The van der Waals surface area contributed by atoms with E-state index in [1.807, 2.05) is 70.2 Å². The van der Waals surface area contributed by atoms with Gasteiger partial charge in [0.15, 0.2) is 0 Å². The van der Waals surface area contributed by atoms with Crippen molar-refractivity contribution in [3.8, 4) is 5.75 Å². The number of amides is 2. The third-order valence-electron chi connectivity index (χ3n) is 5.46. The molecule has 2 aromatic heterocycles. The highest BCUT2D eigenvalue weighted by atomic mass is 16.5. The number of ether oxygens (including phenoxy) is 1. The van der Waals surface area contributed by atoms with Crippen molar-refractivity contribution in [2.75, 3.05) is 10.6 Å². The monoisotopic (exact) mass is 442 g/mol. The average molecular weight is 443 g/mol. The lowest BCUT2D eigenvalue weighted by atomic mass is 10.1. The quantitative estimate of drug-likeness (QED) is 0.448. The molecule has 0 atom stereocenters. The zero-order chi connectivity index (χ0) is 23.5. The summed E-state index contributed by atoms with van der Waals surface area (Å²) in [4.78, 5) is 29.3. The van der Waals surface area contributed by atoms with Gasteiger partial charge in [0.1, 0.15) is 18.0 Å². The van der Waals surface area contributed by atoms with Crippen LogP contribution in [0.4, 0.5) is 16.2 Å². The van der Waals surface area contributed by atoms with E-state index in [9.17, 15) is 9.59 Å². The molecule has 4 aromatic rings. The Balaban J connectivity index is 1.46. The molecule has 33 heavy (non-hydrogen) atoms. The number of fused-ring (bicyclic) bond motifs is 1. The second kappa shape index (κ2) is 9.16. The van der Waals surface area contributed by atoms with Gasteiger partial charge in [-0.2, -0.15) is 0 Å². The van der Waals surface area contributed by atoms with Gasteiger partial charge in [0.25, 0.3) is 5.56 Å². The summed E-state index contributed by atoms with van der Waals surface area (Å²) >= 11 is 0. The SMILES string of the molecule is Cc1ccn2c(=O)cc(COc3cc(NC(=O)Nc4ccc(C)c(C)c4)ccc3C)nc2c1. The van der Waals surface area contributed by atoms with E-state index in [0.717, 1.165) is 22.4 Å². The second-order valence-corrected chi connectivity index (χ2v) is 8.17. The van der Waals surface area contributed by atoms with Gasteiger partial charge < -0.3 is 15.4 Å². The number of carbonyl (C=O) groups excluding carboxylic acids is 1. The summed E-state index contributed by atoms with van der Waals surface area (Å²) in [6.07, 6.45) is 1.72. The number of hydrogen-bond donors (Lipinski definition) is 2. The Kier molecular flexibility index (Phi) is 6.13. The standard InChI is InChI=1S/C26H26N4O3/c1-16-9-10-30-24(11-16)27-22(14-25(30)31)15-33-23-13-21(8-6-18(23)3)29-26(32)28-20-7-5-17(2)19(4)12-20/h5-14H,15H2,1-4H3,(H2,28,29,32). The molecule has 2 N–H and O–H groups in total. The number of carbonyl (C=O) groups is 1. The molecule has 2 amide bonds. The number of pyridine rings is 1. The van der Waals surface area contributed by atoms with E-state index in [1.54, 1.807) is 12.3 Å². The molecule has 168 valence electrons. The Morgan fingerprint density at radius 2 is 1.58 bits per heavy atom. The van der Waals surface area contributed by atoms with E-state index >= 15 is 0 Å². The maximum atomic E-state index is 12.4. The zero-order valence-electron chi connectivity index (χ0n) is 19.1. The Hall–Kier alpha value is -4.13. The highest BCUT2D eigenvalue weighted by Gasteiger charge is 2.09. The van der Waals surface area contributed by atoms with E-state index in [0.29, 0.717) is 22.8 Å². The number of aryl methyl sites for hydroxylation is 4. The number of anilines is 2. The maximum absolute atomic E-state index is 12.4. The lowest BCUT2D eigenvalue weighted by molar-refractivity contribution is 0.262. The highest BCUT2D eigenvalue weighted by Crippen LogP contribution is 2.24. The van der Waals surface area contributed by atoms with Crippen LogP contribution in [0.25, 0.3) is 5.65 Å². The van der Waals surface area contributed by atoms with Gasteiger partial charge in [0, 0.05) is 29.7 Å². The largest absolute Gasteiger partial charge is 0.487 e. The lowest BCUT2D eigenvalue weighted by Gasteiger charge is -2.13. The fourth-order valence-corrected chi connectivity index (χ4v) is 3.43. The molecule has 0 unspecified atom stereocenters. The van der Waals surface area contributed by atoms with Crippen LogP contribution in [-0.2, 0) is 6.61 Å². The molecule has 0 saturated carbocycles. The van der Waals surface area contributed by atoms with Crippen molar-refractivity contribution in [3.05, 3.63) is 99.1 Å². The van der Waals surface area contributed by atoms with Gasteiger partial charge in [-0.15, -0.1) is 0 Å². The predicted molar refractivity (Wildman–Crippen MR) is 130 cm³/mol. The first-order valence-corrected chi connectivity index (χ1v) is 10.7. The molecule has 2 aromatic carbocycles. The number of nitrogens with one attached hydrogen (secondary N) is 2. The number of nitrogens with zero attached hydrogens (tertiary/aromatic N) is 2. The Morgan fingerprint density at radius 3 is 2.30 bits per heavy atom. The molecule has 0 aliphatic heterocycles. The molecule has 0 spiro atoms. The Bertz CT molecular complexity index is 1410. The lowest BCUT2D eigenvalue weighted by Crippen LogP contribution is -2.19. The van der Waals surface area contributed by atoms with Crippen LogP contribution in [-0.4, -0.2) is 15.4 Å². The normalized spacial score (nSPS) is 10.8. The van der Waals surface area contributed by atoms with Crippen LogP contribution in [0.3, 0.4) is 0 Å². The van der Waals surface area contributed by atoms with Gasteiger partial charge in [-0.25, -0.2) is 9.78 Å². The van der Waals surface area contributed by atoms with Gasteiger partial charge in [-0.05, 0) is 80.3 Å². The topological polar surface area (TPSA) is 84.7 Å². The maximum Gasteiger partial charge on any atom is 0.323 e. The molecule has 0 radical (unpaired) electrons. The minimum Gasteiger partial charge on any atom is -0.487 e. The van der Waals surface area contributed by atoms with Crippen LogP contribution < -0.4 is 20.9 Å². The van der Waals surface area contributed by atoms with Crippen molar-refractivity contribution in [1.82, 2.24) is 9.38 Å². The molecule has 7 heteroatoms. The van der Waals surface area contributed by atoms with Crippen molar-refractivity contribution in [3.63, 3.8) is 0 Å². The molecule has 7 nitrogen and oxygen atoms in total. The van der Waals surface area contributed by atoms with Crippen LogP contribution in [0.2, 0.25) is 0 Å². The van der Waals surface area contributed by atoms with E-state index in [4.69, 9.17) is 4.74 Å². The molecule has 0 saturated heterocycles. The summed E-state index contributed by atoms with van der Waals surface area (Å²) in [6, 6.07) is 16.1. The number of aromatic nitrogens is 2. The van der Waals surface area contributed by atoms with Gasteiger partial charge in [0.2, 0.25) is 0 Å². The summed E-state index contributed by atoms with van der Waals surface area (Å²) in [5.74, 6) is 0.602. The summed E-state index contributed by atoms with van der Waals surface area (Å²) < 4.78 is 7.44. The van der Waals surface area contributed by atoms with Crippen molar-refractivity contribution in [2.45, 2.75) is 34.3 Å². The summed E-state index contributed by atoms with van der Waals surface area (Å²) in [6.45, 7) is 8.03. The number of rotatable bonds is 5. The van der Waals surface area contributed by atoms with Gasteiger partial charge in [-0.1, -0.05) is 12.1 Å². The van der Waals surface area contributed by atoms with Gasteiger partial charge in [0.05, 0.1) is 5.69 Å². The Labute approximate surface area is 192 Å². The first-order chi connectivity index (χ1) is 15.8. The summed E-state index contributed by atoms with van der Waals surface area (Å²) in [5, 5.41) is 5.67. The molecule has 2 heterocycles. The van der Waals surface area contributed by atoms with Gasteiger partial charge in [-0.3, -0.25) is 9.20 Å². The number of benzene rings is 2. The van der Waals surface area contributed by atoms with E-state index in [-0.39, 0.29) is 18.2 Å². The third-order valence-corrected chi connectivity index (χ3v) is 5.46. The van der Waals surface area contributed by atoms with Crippen LogP contribution in [0.5, 0.6) is 5.75 Å². The van der Waals surface area contributed by atoms with Crippen LogP contribution >= 0.6 is 0 Å². The fourth-order valence-electron chi connectivity index (χ4n) is 3.43. The molecule has 0 aliphatic rings. The average Bonchev–Trinajstić information content (AvgIpc) is 2.76. The molecule has 0 fully saturated rings. The van der Waals surface area contributed by atoms with Crippen molar-refractivity contribution < 1.29 is 9.53 Å².